The Hall–Kier alpha value is -0.700. The van der Waals surface area contributed by atoms with Gasteiger partial charge in [-0.05, 0) is 12.3 Å². The minimum atomic E-state index is 0.566. The van der Waals surface area contributed by atoms with Gasteiger partial charge in [-0.2, -0.15) is 0 Å². The molecule has 0 aliphatic rings. The molecule has 60 valence electrons. The van der Waals surface area contributed by atoms with Crippen LogP contribution < -0.4 is 0 Å². The van der Waals surface area contributed by atoms with E-state index in [1.165, 1.54) is 11.3 Å². The average molecular weight is 169 g/mol. The van der Waals surface area contributed by atoms with Gasteiger partial charge in [-0.3, -0.25) is 4.79 Å². The topological polar surface area (TPSA) is 30.0 Å². The Bertz CT molecular complexity index is 242. The van der Waals surface area contributed by atoms with Crippen LogP contribution in [0.5, 0.6) is 0 Å². The van der Waals surface area contributed by atoms with Gasteiger partial charge >= 0.3 is 0 Å². The lowest BCUT2D eigenvalue weighted by molar-refractivity contribution is 0.112. The van der Waals surface area contributed by atoms with Gasteiger partial charge in [-0.25, -0.2) is 4.98 Å². The van der Waals surface area contributed by atoms with E-state index in [0.29, 0.717) is 5.92 Å². The normalized spacial score (nSPS) is 10.5. The molecule has 3 heteroatoms. The Balaban J connectivity index is 2.76. The van der Waals surface area contributed by atoms with Crippen LogP contribution in [0, 0.1) is 5.92 Å². The largest absolute Gasteiger partial charge is 0.297 e. The van der Waals surface area contributed by atoms with Crippen molar-refractivity contribution >= 4 is 17.6 Å². The Morgan fingerprint density at radius 2 is 2.45 bits per heavy atom. The number of aldehydes is 1. The third-order valence-electron chi connectivity index (χ3n) is 1.38. The number of nitrogens with zero attached hydrogens (tertiary/aromatic N) is 1. The summed E-state index contributed by atoms with van der Waals surface area (Å²) >= 11 is 1.41. The molecule has 1 aromatic rings. The van der Waals surface area contributed by atoms with Crippen LogP contribution in [0.3, 0.4) is 0 Å². The zero-order valence-electron chi connectivity index (χ0n) is 6.70. The Morgan fingerprint density at radius 1 is 1.73 bits per heavy atom. The van der Waals surface area contributed by atoms with Gasteiger partial charge < -0.3 is 0 Å². The summed E-state index contributed by atoms with van der Waals surface area (Å²) in [7, 11) is 0. The first kappa shape index (κ1) is 8.40. The fourth-order valence-corrected chi connectivity index (χ4v) is 1.54. The molecule has 0 bridgehead atoms. The first-order valence-corrected chi connectivity index (χ1v) is 4.49. The number of thiazole rings is 1. The highest BCUT2D eigenvalue weighted by Crippen LogP contribution is 2.14. The van der Waals surface area contributed by atoms with E-state index < -0.39 is 0 Å². The molecule has 0 fully saturated rings. The molecule has 0 aliphatic heterocycles. The van der Waals surface area contributed by atoms with E-state index in [4.69, 9.17) is 0 Å². The molecule has 1 aromatic heterocycles. The number of aromatic nitrogens is 1. The van der Waals surface area contributed by atoms with Gasteiger partial charge in [0.15, 0.2) is 6.29 Å². The van der Waals surface area contributed by atoms with Crippen molar-refractivity contribution in [2.45, 2.75) is 20.3 Å². The van der Waals surface area contributed by atoms with Gasteiger partial charge in [-0.1, -0.05) is 13.8 Å². The second-order valence-corrected chi connectivity index (χ2v) is 3.77. The predicted molar refractivity (Wildman–Crippen MR) is 46.0 cm³/mol. The van der Waals surface area contributed by atoms with Crippen molar-refractivity contribution in [3.8, 4) is 0 Å². The number of rotatable bonds is 3. The van der Waals surface area contributed by atoms with Crippen LogP contribution in [0.15, 0.2) is 5.51 Å². The highest BCUT2D eigenvalue weighted by atomic mass is 32.1. The van der Waals surface area contributed by atoms with Crippen molar-refractivity contribution in [3.05, 3.63) is 16.1 Å². The van der Waals surface area contributed by atoms with Gasteiger partial charge in [0, 0.05) is 0 Å². The van der Waals surface area contributed by atoms with Crippen LogP contribution in [0.25, 0.3) is 0 Å². The van der Waals surface area contributed by atoms with Crippen LogP contribution in [-0.2, 0) is 6.42 Å². The summed E-state index contributed by atoms with van der Waals surface area (Å²) in [6, 6.07) is 0. The second-order valence-electron chi connectivity index (χ2n) is 2.88. The van der Waals surface area contributed by atoms with E-state index in [0.717, 1.165) is 23.3 Å². The molecule has 1 rings (SSSR count). The van der Waals surface area contributed by atoms with Gasteiger partial charge in [0.25, 0.3) is 0 Å². The van der Waals surface area contributed by atoms with Crippen molar-refractivity contribution in [3.63, 3.8) is 0 Å². The average Bonchev–Trinajstić information content (AvgIpc) is 2.34. The zero-order valence-corrected chi connectivity index (χ0v) is 7.52. The van der Waals surface area contributed by atoms with Crippen molar-refractivity contribution in [1.29, 1.82) is 0 Å². The Labute approximate surface area is 70.3 Å². The summed E-state index contributed by atoms with van der Waals surface area (Å²) in [6.07, 6.45) is 1.78. The lowest BCUT2D eigenvalue weighted by Crippen LogP contribution is -1.96. The quantitative estimate of drug-likeness (QED) is 0.649. The van der Waals surface area contributed by atoms with Crippen molar-refractivity contribution in [2.75, 3.05) is 0 Å². The third kappa shape index (κ3) is 2.12. The number of hydrogen-bond acceptors (Lipinski definition) is 3. The molecule has 0 saturated carbocycles. The van der Waals surface area contributed by atoms with Gasteiger partial charge in [-0.15, -0.1) is 11.3 Å². The van der Waals surface area contributed by atoms with E-state index >= 15 is 0 Å². The first-order chi connectivity index (χ1) is 5.24. The molecule has 0 N–H and O–H groups in total. The number of hydrogen-bond donors (Lipinski definition) is 0. The Kier molecular flexibility index (Phi) is 2.76. The zero-order chi connectivity index (χ0) is 8.27. The third-order valence-corrected chi connectivity index (χ3v) is 2.18. The van der Waals surface area contributed by atoms with E-state index in [-0.39, 0.29) is 0 Å². The van der Waals surface area contributed by atoms with Gasteiger partial charge in [0.05, 0.1) is 16.1 Å². The van der Waals surface area contributed by atoms with Gasteiger partial charge in [0.1, 0.15) is 0 Å². The molecule has 11 heavy (non-hydrogen) atoms. The first-order valence-electron chi connectivity index (χ1n) is 3.61. The molecule has 0 unspecified atom stereocenters. The monoisotopic (exact) mass is 169 g/mol. The maximum Gasteiger partial charge on any atom is 0.161 e. The smallest absolute Gasteiger partial charge is 0.161 e. The van der Waals surface area contributed by atoms with Crippen molar-refractivity contribution in [2.24, 2.45) is 5.92 Å². The van der Waals surface area contributed by atoms with E-state index in [1.54, 1.807) is 5.51 Å². The summed E-state index contributed by atoms with van der Waals surface area (Å²) in [5.74, 6) is 0.566. The molecule has 0 saturated heterocycles. The van der Waals surface area contributed by atoms with Crippen LogP contribution in [0.2, 0.25) is 0 Å². The van der Waals surface area contributed by atoms with Crippen LogP contribution in [0.1, 0.15) is 29.2 Å². The van der Waals surface area contributed by atoms with Crippen molar-refractivity contribution < 1.29 is 4.79 Å². The standard InChI is InChI=1S/C8H11NOS/c1-6(2)3-7-8(4-10)11-5-9-7/h4-6H,3H2,1-2H3. The van der Waals surface area contributed by atoms with E-state index in [1.807, 2.05) is 0 Å². The summed E-state index contributed by atoms with van der Waals surface area (Å²) in [4.78, 5) is 15.3. The highest BCUT2D eigenvalue weighted by molar-refractivity contribution is 7.11. The fraction of sp³-hybridized carbons (Fsp3) is 0.500. The summed E-state index contributed by atoms with van der Waals surface area (Å²) in [5, 5.41) is 0. The Morgan fingerprint density at radius 3 is 3.00 bits per heavy atom. The summed E-state index contributed by atoms with van der Waals surface area (Å²) < 4.78 is 0. The van der Waals surface area contributed by atoms with E-state index in [9.17, 15) is 4.79 Å². The minimum Gasteiger partial charge on any atom is -0.297 e. The molecule has 0 aromatic carbocycles. The molecule has 1 heterocycles. The molecular formula is C8H11NOS. The predicted octanol–water partition coefficient (Wildman–Crippen LogP) is 2.15. The lowest BCUT2D eigenvalue weighted by atomic mass is 10.1. The molecule has 0 aliphatic carbocycles. The van der Waals surface area contributed by atoms with Crippen LogP contribution in [-0.4, -0.2) is 11.3 Å². The minimum absolute atomic E-state index is 0.566. The summed E-state index contributed by atoms with van der Waals surface area (Å²) in [6.45, 7) is 4.24. The highest BCUT2D eigenvalue weighted by Gasteiger charge is 2.06. The fourth-order valence-electron chi connectivity index (χ4n) is 0.914. The molecule has 0 spiro atoms. The second kappa shape index (κ2) is 3.62. The molecule has 0 radical (unpaired) electrons. The maximum atomic E-state index is 10.4. The lowest BCUT2D eigenvalue weighted by Gasteiger charge is -2.00. The summed E-state index contributed by atoms with van der Waals surface area (Å²) in [5.41, 5.74) is 2.67. The number of carbonyl (C=O) groups is 1. The molecule has 0 amide bonds. The SMILES string of the molecule is CC(C)Cc1ncsc1C=O. The van der Waals surface area contributed by atoms with Crippen LogP contribution >= 0.6 is 11.3 Å². The molecule has 0 atom stereocenters. The number of carbonyl (C=O) groups excluding carboxylic acids is 1. The van der Waals surface area contributed by atoms with E-state index in [2.05, 4.69) is 18.8 Å². The molecule has 2 nitrogen and oxygen atoms in total. The maximum absolute atomic E-state index is 10.4. The van der Waals surface area contributed by atoms with Crippen LogP contribution in [0.4, 0.5) is 0 Å². The van der Waals surface area contributed by atoms with Crippen molar-refractivity contribution in [1.82, 2.24) is 4.98 Å². The van der Waals surface area contributed by atoms with Gasteiger partial charge in [0.2, 0.25) is 0 Å². The molecular weight excluding hydrogens is 158 g/mol.